The van der Waals surface area contributed by atoms with Crippen LogP contribution in [0.4, 0.5) is 0 Å². The number of rotatable bonds is 9. The second-order valence-electron chi connectivity index (χ2n) is 9.96. The molecule has 3 atom stereocenters. The molecule has 0 saturated heterocycles. The molecule has 7 heteroatoms. The third-order valence-corrected chi connectivity index (χ3v) is 5.98. The van der Waals surface area contributed by atoms with E-state index in [1.807, 2.05) is 65.0 Å². The van der Waals surface area contributed by atoms with E-state index in [4.69, 9.17) is 5.11 Å². The quantitative estimate of drug-likeness (QED) is 0.508. The molecule has 0 saturated carbocycles. The van der Waals surface area contributed by atoms with Gasteiger partial charge in [0.25, 0.3) is 0 Å². The van der Waals surface area contributed by atoms with Gasteiger partial charge in [0.2, 0.25) is 11.8 Å². The molecule has 1 aromatic rings. The Bertz CT molecular complexity index is 840. The maximum absolute atomic E-state index is 13.4. The van der Waals surface area contributed by atoms with Gasteiger partial charge in [-0.3, -0.25) is 9.59 Å². The van der Waals surface area contributed by atoms with Crippen LogP contribution in [0, 0.1) is 5.41 Å². The standard InChI is InChI=1S/C25H39N3O4/c1-16(23(31)32)15-17(2)28(9)22(30)20(24(3,4)5)27-21(29)19(26-8)25(6,7)18-13-11-10-12-14-18/h10-15,17,19-20,26H,1-9H3,(H,27,29)(H,31,32)/t17-,19?,20+/m0/s1. The van der Waals surface area contributed by atoms with Crippen molar-refractivity contribution in [1.82, 2.24) is 15.5 Å². The van der Waals surface area contributed by atoms with Gasteiger partial charge >= 0.3 is 5.97 Å². The van der Waals surface area contributed by atoms with Gasteiger partial charge in [-0.25, -0.2) is 4.79 Å². The minimum atomic E-state index is -1.03. The number of carboxylic acid groups (broad SMARTS) is 1. The van der Waals surface area contributed by atoms with Crippen molar-refractivity contribution in [2.75, 3.05) is 14.1 Å². The molecule has 32 heavy (non-hydrogen) atoms. The molecular weight excluding hydrogens is 406 g/mol. The fraction of sp³-hybridized carbons (Fsp3) is 0.560. The molecule has 0 spiro atoms. The van der Waals surface area contributed by atoms with Crippen LogP contribution in [0.5, 0.6) is 0 Å². The van der Waals surface area contributed by atoms with Crippen LogP contribution in [0.1, 0.15) is 54.0 Å². The van der Waals surface area contributed by atoms with Crippen LogP contribution in [0.2, 0.25) is 0 Å². The van der Waals surface area contributed by atoms with Crippen molar-refractivity contribution in [2.24, 2.45) is 5.41 Å². The average molecular weight is 446 g/mol. The first-order valence-corrected chi connectivity index (χ1v) is 10.9. The number of carbonyl (C=O) groups is 3. The predicted molar refractivity (Wildman–Crippen MR) is 127 cm³/mol. The van der Waals surface area contributed by atoms with Gasteiger partial charge in [0.1, 0.15) is 6.04 Å². The smallest absolute Gasteiger partial charge is 0.331 e. The summed E-state index contributed by atoms with van der Waals surface area (Å²) >= 11 is 0. The summed E-state index contributed by atoms with van der Waals surface area (Å²) in [6, 6.07) is 7.97. The van der Waals surface area contributed by atoms with E-state index < -0.39 is 34.9 Å². The number of hydrogen-bond donors (Lipinski definition) is 3. The SMILES string of the molecule is CNC(C(=O)N[C@H](C(=O)N(C)[C@@H](C)C=C(C)C(=O)O)C(C)(C)C)C(C)(C)c1ccccc1. The predicted octanol–water partition coefficient (Wildman–Crippen LogP) is 2.96. The molecule has 0 fully saturated rings. The second kappa shape index (κ2) is 10.8. The zero-order valence-corrected chi connectivity index (χ0v) is 20.8. The van der Waals surface area contributed by atoms with Crippen molar-refractivity contribution in [3.8, 4) is 0 Å². The maximum Gasteiger partial charge on any atom is 0.331 e. The highest BCUT2D eigenvalue weighted by atomic mass is 16.4. The van der Waals surface area contributed by atoms with E-state index in [1.165, 1.54) is 17.9 Å². The molecule has 1 unspecified atom stereocenters. The summed E-state index contributed by atoms with van der Waals surface area (Å²) in [4.78, 5) is 39.4. The van der Waals surface area contributed by atoms with Crippen molar-refractivity contribution < 1.29 is 19.5 Å². The van der Waals surface area contributed by atoms with Crippen molar-refractivity contribution in [2.45, 2.75) is 72.0 Å². The van der Waals surface area contributed by atoms with E-state index in [0.717, 1.165) is 5.56 Å². The van der Waals surface area contributed by atoms with Gasteiger partial charge in [-0.05, 0) is 31.9 Å². The highest BCUT2D eigenvalue weighted by Crippen LogP contribution is 2.28. The number of nitrogens with one attached hydrogen (secondary N) is 2. The number of nitrogens with zero attached hydrogens (tertiary/aromatic N) is 1. The second-order valence-corrected chi connectivity index (χ2v) is 9.96. The molecule has 1 rings (SSSR count). The number of aliphatic carboxylic acids is 1. The van der Waals surface area contributed by atoms with Gasteiger partial charge in [-0.15, -0.1) is 0 Å². The Morgan fingerprint density at radius 3 is 2.00 bits per heavy atom. The van der Waals surface area contributed by atoms with Crippen molar-refractivity contribution >= 4 is 17.8 Å². The Morgan fingerprint density at radius 1 is 1.03 bits per heavy atom. The molecule has 0 bridgehead atoms. The summed E-state index contributed by atoms with van der Waals surface area (Å²) in [5.41, 5.74) is 0.0922. The van der Waals surface area contributed by atoms with Crippen LogP contribution in [-0.4, -0.2) is 60.0 Å². The van der Waals surface area contributed by atoms with E-state index in [-0.39, 0.29) is 17.4 Å². The molecule has 0 aliphatic rings. The summed E-state index contributed by atoms with van der Waals surface area (Å²) in [6.45, 7) is 12.9. The molecule has 178 valence electrons. The summed E-state index contributed by atoms with van der Waals surface area (Å²) < 4.78 is 0. The Balaban J connectivity index is 3.18. The molecule has 0 radical (unpaired) electrons. The van der Waals surface area contributed by atoms with E-state index in [9.17, 15) is 14.4 Å². The van der Waals surface area contributed by atoms with Gasteiger partial charge in [0, 0.05) is 24.1 Å². The van der Waals surface area contributed by atoms with Crippen LogP contribution < -0.4 is 10.6 Å². The number of amides is 2. The van der Waals surface area contributed by atoms with Crippen LogP contribution in [0.3, 0.4) is 0 Å². The van der Waals surface area contributed by atoms with Gasteiger partial charge in [-0.1, -0.05) is 71.0 Å². The van der Waals surface area contributed by atoms with E-state index in [1.54, 1.807) is 21.0 Å². The van der Waals surface area contributed by atoms with E-state index in [2.05, 4.69) is 10.6 Å². The Morgan fingerprint density at radius 2 is 1.56 bits per heavy atom. The highest BCUT2D eigenvalue weighted by molar-refractivity contribution is 5.91. The van der Waals surface area contributed by atoms with E-state index in [0.29, 0.717) is 0 Å². The normalized spacial score (nSPS) is 15.5. The van der Waals surface area contributed by atoms with Gasteiger partial charge in [0.15, 0.2) is 0 Å². The van der Waals surface area contributed by atoms with Gasteiger partial charge < -0.3 is 20.6 Å². The number of likely N-dealkylation sites (N-methyl/N-ethyl adjacent to an activating group) is 2. The summed E-state index contributed by atoms with van der Waals surface area (Å²) in [7, 11) is 3.35. The lowest BCUT2D eigenvalue weighted by Crippen LogP contribution is -2.61. The van der Waals surface area contributed by atoms with Crippen molar-refractivity contribution in [3.05, 3.63) is 47.5 Å². The molecule has 0 aromatic heterocycles. The first-order chi connectivity index (χ1) is 14.6. The third-order valence-electron chi connectivity index (χ3n) is 5.98. The topological polar surface area (TPSA) is 98.7 Å². The van der Waals surface area contributed by atoms with Crippen LogP contribution in [0.15, 0.2) is 42.0 Å². The molecule has 1 aromatic carbocycles. The van der Waals surface area contributed by atoms with Crippen LogP contribution >= 0.6 is 0 Å². The number of hydrogen-bond acceptors (Lipinski definition) is 4. The first kappa shape index (κ1) is 27.4. The first-order valence-electron chi connectivity index (χ1n) is 10.9. The zero-order valence-electron chi connectivity index (χ0n) is 20.8. The molecule has 3 N–H and O–H groups in total. The number of benzene rings is 1. The summed E-state index contributed by atoms with van der Waals surface area (Å²) in [5, 5.41) is 15.2. The molecule has 7 nitrogen and oxygen atoms in total. The third kappa shape index (κ3) is 6.66. The van der Waals surface area contributed by atoms with E-state index >= 15 is 0 Å². The number of carbonyl (C=O) groups excluding carboxylic acids is 2. The fourth-order valence-corrected chi connectivity index (χ4v) is 3.68. The fourth-order valence-electron chi connectivity index (χ4n) is 3.68. The minimum absolute atomic E-state index is 0.161. The lowest BCUT2D eigenvalue weighted by atomic mass is 9.76. The minimum Gasteiger partial charge on any atom is -0.478 e. The Kier molecular flexibility index (Phi) is 9.21. The Hall–Kier alpha value is -2.67. The monoisotopic (exact) mass is 445 g/mol. The van der Waals surface area contributed by atoms with Gasteiger partial charge in [0.05, 0.1) is 6.04 Å². The Labute approximate surface area is 192 Å². The lowest BCUT2D eigenvalue weighted by molar-refractivity contribution is -0.140. The van der Waals surface area contributed by atoms with Crippen molar-refractivity contribution in [3.63, 3.8) is 0 Å². The van der Waals surface area contributed by atoms with Crippen LogP contribution in [-0.2, 0) is 19.8 Å². The van der Waals surface area contributed by atoms with Crippen molar-refractivity contribution in [1.29, 1.82) is 0 Å². The molecule has 0 heterocycles. The van der Waals surface area contributed by atoms with Gasteiger partial charge in [-0.2, -0.15) is 0 Å². The zero-order chi connectivity index (χ0) is 24.9. The summed E-state index contributed by atoms with van der Waals surface area (Å²) in [6.07, 6.45) is 1.52. The molecule has 0 aliphatic carbocycles. The molecular formula is C25H39N3O4. The maximum atomic E-state index is 13.4. The highest BCUT2D eigenvalue weighted by Gasteiger charge is 2.41. The average Bonchev–Trinajstić information content (AvgIpc) is 2.70. The molecule has 0 aliphatic heterocycles. The van der Waals surface area contributed by atoms with Crippen LogP contribution in [0.25, 0.3) is 0 Å². The molecule has 2 amide bonds. The number of carboxylic acids is 1. The summed E-state index contributed by atoms with van der Waals surface area (Å²) in [5.74, 6) is -1.58. The lowest BCUT2D eigenvalue weighted by Gasteiger charge is -2.38. The largest absolute Gasteiger partial charge is 0.478 e.